The molecule has 2 atom stereocenters. The Morgan fingerprint density at radius 2 is 1.16 bits per heavy atom. The molecule has 7 rings (SSSR count). The van der Waals surface area contributed by atoms with E-state index in [-0.39, 0.29) is 36.5 Å². The van der Waals surface area contributed by atoms with Gasteiger partial charge in [-0.2, -0.15) is 0 Å². The summed E-state index contributed by atoms with van der Waals surface area (Å²) in [4.78, 5) is 59.7. The van der Waals surface area contributed by atoms with Gasteiger partial charge in [0.15, 0.2) is 0 Å². The highest BCUT2D eigenvalue weighted by molar-refractivity contribution is 6.00. The summed E-state index contributed by atoms with van der Waals surface area (Å²) in [7, 11) is 0. The number of fused-ring (bicyclic) bond motifs is 1. The van der Waals surface area contributed by atoms with Gasteiger partial charge in [-0.25, -0.2) is 0 Å². The predicted molar refractivity (Wildman–Crippen MR) is 191 cm³/mol. The topological polar surface area (TPSA) is 115 Å². The van der Waals surface area contributed by atoms with Crippen LogP contribution in [0.5, 0.6) is 0 Å². The Hall–Kier alpha value is -5.70. The number of benzene rings is 4. The lowest BCUT2D eigenvalue weighted by Gasteiger charge is -2.24. The lowest BCUT2D eigenvalue weighted by atomic mass is 10.1. The van der Waals surface area contributed by atoms with E-state index in [1.165, 1.54) is 0 Å². The monoisotopic (exact) mass is 653 g/mol. The number of hydrogen-bond acceptors (Lipinski definition) is 4. The Labute approximate surface area is 285 Å². The number of anilines is 2. The van der Waals surface area contributed by atoms with Crippen molar-refractivity contribution in [3.8, 4) is 11.3 Å². The standard InChI is InChI=1S/C40H39N5O4/c46-37(22-27-10-3-1-4-11-27)44-20-8-16-35(44)39(48)41-31-15-7-14-29(24-31)33-25-30-18-19-32(26-34(30)43-33)42-40(49)36-17-9-21-45(36)38(47)23-28-12-5-2-6-13-28/h1-7,10-15,18-19,24-26,35-36,43H,8-9,16-17,20-23H2,(H,41,48)(H,42,49)/t35-,36+/m1/s1. The molecule has 4 amide bonds. The zero-order chi connectivity index (χ0) is 33.7. The maximum Gasteiger partial charge on any atom is 0.247 e. The van der Waals surface area contributed by atoms with Gasteiger partial charge in [0, 0.05) is 46.6 Å². The minimum Gasteiger partial charge on any atom is -0.354 e. The third-order valence-corrected chi connectivity index (χ3v) is 9.48. The molecule has 2 aliphatic heterocycles. The van der Waals surface area contributed by atoms with E-state index in [0.717, 1.165) is 46.1 Å². The molecule has 4 aromatic carbocycles. The van der Waals surface area contributed by atoms with E-state index in [1.807, 2.05) is 109 Å². The first-order valence-electron chi connectivity index (χ1n) is 16.9. The van der Waals surface area contributed by atoms with Crippen molar-refractivity contribution in [1.82, 2.24) is 14.8 Å². The van der Waals surface area contributed by atoms with Gasteiger partial charge >= 0.3 is 0 Å². The molecule has 9 heteroatoms. The van der Waals surface area contributed by atoms with Gasteiger partial charge in [-0.1, -0.05) is 78.9 Å². The van der Waals surface area contributed by atoms with Crippen LogP contribution in [-0.4, -0.2) is 63.6 Å². The van der Waals surface area contributed by atoms with Crippen molar-refractivity contribution in [2.75, 3.05) is 23.7 Å². The molecule has 5 aromatic rings. The third-order valence-electron chi connectivity index (χ3n) is 9.48. The number of H-pyrrole nitrogens is 1. The minimum absolute atomic E-state index is 0.0381. The van der Waals surface area contributed by atoms with E-state index in [0.29, 0.717) is 37.3 Å². The Balaban J connectivity index is 0.997. The highest BCUT2D eigenvalue weighted by atomic mass is 16.2. The molecule has 0 unspecified atom stereocenters. The Morgan fingerprint density at radius 1 is 0.612 bits per heavy atom. The second-order valence-electron chi connectivity index (χ2n) is 12.9. The molecule has 9 nitrogen and oxygen atoms in total. The minimum atomic E-state index is -0.500. The van der Waals surface area contributed by atoms with Crippen LogP contribution < -0.4 is 10.6 Å². The summed E-state index contributed by atoms with van der Waals surface area (Å²) in [6.45, 7) is 1.15. The Kier molecular flexibility index (Phi) is 9.23. The fourth-order valence-corrected chi connectivity index (χ4v) is 7.00. The number of carbonyl (C=O) groups is 4. The van der Waals surface area contributed by atoms with Crippen LogP contribution in [0.3, 0.4) is 0 Å². The first-order valence-corrected chi connectivity index (χ1v) is 16.9. The molecule has 49 heavy (non-hydrogen) atoms. The lowest BCUT2D eigenvalue weighted by Crippen LogP contribution is -2.43. The molecule has 248 valence electrons. The van der Waals surface area contributed by atoms with Crippen molar-refractivity contribution in [3.63, 3.8) is 0 Å². The number of rotatable bonds is 9. The maximum atomic E-state index is 13.4. The molecule has 1 aromatic heterocycles. The van der Waals surface area contributed by atoms with E-state index in [2.05, 4.69) is 15.6 Å². The van der Waals surface area contributed by atoms with Gasteiger partial charge < -0.3 is 25.4 Å². The van der Waals surface area contributed by atoms with Crippen LogP contribution in [-0.2, 0) is 32.0 Å². The molecule has 0 saturated carbocycles. The van der Waals surface area contributed by atoms with E-state index >= 15 is 0 Å². The Bertz CT molecular complexity index is 1990. The van der Waals surface area contributed by atoms with Gasteiger partial charge in [-0.05, 0) is 67.1 Å². The number of nitrogens with one attached hydrogen (secondary N) is 3. The van der Waals surface area contributed by atoms with Gasteiger partial charge in [0.25, 0.3) is 0 Å². The number of hydrogen-bond donors (Lipinski definition) is 3. The summed E-state index contributed by atoms with van der Waals surface area (Å²) < 4.78 is 0. The van der Waals surface area contributed by atoms with Gasteiger partial charge in [-0.3, -0.25) is 19.2 Å². The molecule has 2 aliphatic rings. The van der Waals surface area contributed by atoms with Crippen LogP contribution in [0.1, 0.15) is 36.8 Å². The number of nitrogens with zero attached hydrogens (tertiary/aromatic N) is 2. The predicted octanol–water partition coefficient (Wildman–Crippen LogP) is 6.18. The largest absolute Gasteiger partial charge is 0.354 e. The highest BCUT2D eigenvalue weighted by Crippen LogP contribution is 2.29. The van der Waals surface area contributed by atoms with Gasteiger partial charge in [0.2, 0.25) is 23.6 Å². The molecule has 3 heterocycles. The summed E-state index contributed by atoms with van der Waals surface area (Å²) in [5.74, 6) is -0.445. The molecular weight excluding hydrogens is 614 g/mol. The number of aromatic nitrogens is 1. The molecule has 2 fully saturated rings. The first kappa shape index (κ1) is 31.9. The van der Waals surface area contributed by atoms with E-state index < -0.39 is 12.1 Å². The smallest absolute Gasteiger partial charge is 0.247 e. The van der Waals surface area contributed by atoms with Gasteiger partial charge in [0.05, 0.1) is 12.8 Å². The van der Waals surface area contributed by atoms with Crippen LogP contribution in [0.2, 0.25) is 0 Å². The molecular formula is C40H39N5O4. The average Bonchev–Trinajstić information content (AvgIpc) is 3.89. The van der Waals surface area contributed by atoms with Crippen LogP contribution >= 0.6 is 0 Å². The first-order chi connectivity index (χ1) is 23.9. The SMILES string of the molecule is O=C(Nc1cccc(-c2cc3ccc(NC(=O)[C@@H]4CCCN4C(=O)Cc4ccccc4)cc3[nH]2)c1)[C@H]1CCCN1C(=O)Cc1ccccc1. The van der Waals surface area contributed by atoms with E-state index in [1.54, 1.807) is 9.80 Å². The van der Waals surface area contributed by atoms with Crippen molar-refractivity contribution < 1.29 is 19.2 Å². The van der Waals surface area contributed by atoms with Crippen molar-refractivity contribution in [2.45, 2.75) is 50.6 Å². The number of amides is 4. The average molecular weight is 654 g/mol. The summed E-state index contributed by atoms with van der Waals surface area (Å²) in [5, 5.41) is 7.04. The normalized spacial score (nSPS) is 17.3. The number of carbonyl (C=O) groups excluding carboxylic acids is 4. The van der Waals surface area contributed by atoms with Crippen molar-refractivity contribution >= 4 is 45.9 Å². The van der Waals surface area contributed by atoms with Crippen LogP contribution in [0, 0.1) is 0 Å². The number of likely N-dealkylation sites (tertiary alicyclic amines) is 2. The van der Waals surface area contributed by atoms with E-state index in [9.17, 15) is 19.2 Å². The van der Waals surface area contributed by atoms with Crippen LogP contribution in [0.25, 0.3) is 22.2 Å². The Morgan fingerprint density at radius 3 is 1.73 bits per heavy atom. The van der Waals surface area contributed by atoms with Crippen LogP contribution in [0.15, 0.2) is 109 Å². The summed E-state index contributed by atoms with van der Waals surface area (Å²) in [5.41, 5.74) is 5.78. The molecule has 0 aliphatic carbocycles. The summed E-state index contributed by atoms with van der Waals surface area (Å²) >= 11 is 0. The second-order valence-corrected chi connectivity index (χ2v) is 12.9. The second kappa shape index (κ2) is 14.2. The van der Waals surface area contributed by atoms with Crippen molar-refractivity contribution in [2.24, 2.45) is 0 Å². The van der Waals surface area contributed by atoms with E-state index in [4.69, 9.17) is 0 Å². The van der Waals surface area contributed by atoms with Gasteiger partial charge in [-0.15, -0.1) is 0 Å². The summed E-state index contributed by atoms with van der Waals surface area (Å²) in [6.07, 6.45) is 3.41. The quantitative estimate of drug-likeness (QED) is 0.176. The molecule has 0 bridgehead atoms. The van der Waals surface area contributed by atoms with Crippen LogP contribution in [0.4, 0.5) is 11.4 Å². The molecule has 0 radical (unpaired) electrons. The summed E-state index contributed by atoms with van der Waals surface area (Å²) in [6, 6.07) is 33.6. The third kappa shape index (κ3) is 7.26. The molecule has 2 saturated heterocycles. The lowest BCUT2D eigenvalue weighted by molar-refractivity contribution is -0.136. The highest BCUT2D eigenvalue weighted by Gasteiger charge is 2.35. The van der Waals surface area contributed by atoms with Crippen molar-refractivity contribution in [1.29, 1.82) is 0 Å². The van der Waals surface area contributed by atoms with Gasteiger partial charge in [0.1, 0.15) is 12.1 Å². The number of aromatic amines is 1. The zero-order valence-corrected chi connectivity index (χ0v) is 27.2. The van der Waals surface area contributed by atoms with Crippen molar-refractivity contribution in [3.05, 3.63) is 120 Å². The maximum absolute atomic E-state index is 13.4. The molecule has 0 spiro atoms. The molecule has 3 N–H and O–H groups in total. The fourth-order valence-electron chi connectivity index (χ4n) is 7.00. The fraction of sp³-hybridized carbons (Fsp3) is 0.250. The zero-order valence-electron chi connectivity index (χ0n) is 27.2.